The van der Waals surface area contributed by atoms with Crippen molar-refractivity contribution < 1.29 is 0 Å². The summed E-state index contributed by atoms with van der Waals surface area (Å²) in [7, 11) is 0. The number of aryl methyl sites for hydroxylation is 4. The van der Waals surface area contributed by atoms with E-state index in [4.69, 9.17) is 9.97 Å². The Kier molecular flexibility index (Phi) is 4.80. The first-order valence-corrected chi connectivity index (χ1v) is 11.2. The van der Waals surface area contributed by atoms with Crippen LogP contribution >= 0.6 is 11.3 Å². The van der Waals surface area contributed by atoms with Crippen molar-refractivity contribution in [1.82, 2.24) is 9.97 Å². The van der Waals surface area contributed by atoms with Crippen molar-refractivity contribution in [1.29, 1.82) is 0 Å². The van der Waals surface area contributed by atoms with Crippen LogP contribution < -0.4 is 5.32 Å². The number of nitrogens with one attached hydrogen (secondary N) is 1. The van der Waals surface area contributed by atoms with Crippen molar-refractivity contribution in [3.05, 3.63) is 81.5 Å². The van der Waals surface area contributed by atoms with Gasteiger partial charge in [0.1, 0.15) is 16.5 Å². The van der Waals surface area contributed by atoms with Crippen LogP contribution in [0.2, 0.25) is 0 Å². The summed E-state index contributed by atoms with van der Waals surface area (Å²) < 4.78 is 0. The van der Waals surface area contributed by atoms with E-state index in [1.807, 2.05) is 17.4 Å². The van der Waals surface area contributed by atoms with Gasteiger partial charge in [0, 0.05) is 17.0 Å². The first kappa shape index (κ1) is 18.3. The molecule has 4 aromatic rings. The van der Waals surface area contributed by atoms with Gasteiger partial charge in [-0.15, -0.1) is 11.3 Å². The van der Waals surface area contributed by atoms with Crippen LogP contribution in [-0.4, -0.2) is 9.97 Å². The molecule has 0 bridgehead atoms. The second-order valence-electron chi connectivity index (χ2n) is 7.97. The molecule has 4 heteroatoms. The SMILES string of the molecule is Cc1ccc(Nc2nc(Cc3ccccc3)nc3sc4c(c23)CCCC4)cc1C. The Morgan fingerprint density at radius 2 is 1.76 bits per heavy atom. The van der Waals surface area contributed by atoms with Gasteiger partial charge in [0.2, 0.25) is 0 Å². The van der Waals surface area contributed by atoms with Gasteiger partial charge in [-0.25, -0.2) is 9.97 Å². The normalized spacial score (nSPS) is 13.4. The standard InChI is InChI=1S/C25H25N3S/c1-16-12-13-19(14-17(16)2)26-24-23-20-10-6-7-11-21(20)29-25(23)28-22(27-24)15-18-8-4-3-5-9-18/h3-5,8-9,12-14H,6-7,10-11,15H2,1-2H3,(H,26,27,28). The lowest BCUT2D eigenvalue weighted by Gasteiger charge is -2.14. The fourth-order valence-electron chi connectivity index (χ4n) is 4.11. The largest absolute Gasteiger partial charge is 0.340 e. The van der Waals surface area contributed by atoms with Crippen molar-refractivity contribution in [2.45, 2.75) is 46.0 Å². The lowest BCUT2D eigenvalue weighted by atomic mass is 9.97. The molecule has 29 heavy (non-hydrogen) atoms. The minimum Gasteiger partial charge on any atom is -0.340 e. The average Bonchev–Trinajstić information content (AvgIpc) is 3.10. The van der Waals surface area contributed by atoms with E-state index in [1.54, 1.807) is 0 Å². The maximum absolute atomic E-state index is 5.01. The molecule has 146 valence electrons. The van der Waals surface area contributed by atoms with Gasteiger partial charge in [-0.2, -0.15) is 0 Å². The van der Waals surface area contributed by atoms with Crippen molar-refractivity contribution in [2.75, 3.05) is 5.32 Å². The molecule has 0 atom stereocenters. The number of rotatable bonds is 4. The van der Waals surface area contributed by atoms with Gasteiger partial charge in [0.25, 0.3) is 0 Å². The summed E-state index contributed by atoms with van der Waals surface area (Å²) in [5.74, 6) is 1.84. The number of benzene rings is 2. The number of fused-ring (bicyclic) bond motifs is 3. The lowest BCUT2D eigenvalue weighted by molar-refractivity contribution is 0.700. The molecule has 0 spiro atoms. The van der Waals surface area contributed by atoms with Crippen LogP contribution in [0.25, 0.3) is 10.2 Å². The number of thiophene rings is 1. The summed E-state index contributed by atoms with van der Waals surface area (Å²) in [6, 6.07) is 17.0. The maximum atomic E-state index is 5.01. The zero-order chi connectivity index (χ0) is 19.8. The molecule has 0 radical (unpaired) electrons. The van der Waals surface area contributed by atoms with Gasteiger partial charge in [0.05, 0.1) is 5.39 Å². The van der Waals surface area contributed by atoms with Crippen molar-refractivity contribution in [2.24, 2.45) is 0 Å². The molecule has 3 nitrogen and oxygen atoms in total. The van der Waals surface area contributed by atoms with Gasteiger partial charge in [-0.3, -0.25) is 0 Å². The first-order chi connectivity index (χ1) is 14.2. The molecule has 0 saturated heterocycles. The Bertz CT molecular complexity index is 1180. The third-order valence-corrected chi connectivity index (χ3v) is 7.02. The Labute approximate surface area is 175 Å². The van der Waals surface area contributed by atoms with E-state index >= 15 is 0 Å². The fraction of sp³-hybridized carbons (Fsp3) is 0.280. The van der Waals surface area contributed by atoms with Gasteiger partial charge in [-0.1, -0.05) is 36.4 Å². The number of aromatic nitrogens is 2. The van der Waals surface area contributed by atoms with E-state index < -0.39 is 0 Å². The zero-order valence-electron chi connectivity index (χ0n) is 17.0. The molecule has 0 amide bonds. The summed E-state index contributed by atoms with van der Waals surface area (Å²) in [4.78, 5) is 12.6. The highest BCUT2D eigenvalue weighted by atomic mass is 32.1. The maximum Gasteiger partial charge on any atom is 0.143 e. The first-order valence-electron chi connectivity index (χ1n) is 10.4. The monoisotopic (exact) mass is 399 g/mol. The molecule has 0 unspecified atom stereocenters. The van der Waals surface area contributed by atoms with Crippen LogP contribution in [0.1, 0.15) is 45.8 Å². The van der Waals surface area contributed by atoms with Crippen LogP contribution in [0.3, 0.4) is 0 Å². The Morgan fingerprint density at radius 3 is 2.59 bits per heavy atom. The highest BCUT2D eigenvalue weighted by Gasteiger charge is 2.21. The Morgan fingerprint density at radius 1 is 0.931 bits per heavy atom. The smallest absolute Gasteiger partial charge is 0.143 e. The summed E-state index contributed by atoms with van der Waals surface area (Å²) in [6.07, 6.45) is 5.60. The number of hydrogen-bond donors (Lipinski definition) is 1. The van der Waals surface area contributed by atoms with Gasteiger partial charge < -0.3 is 5.32 Å². The predicted molar refractivity (Wildman–Crippen MR) is 123 cm³/mol. The van der Waals surface area contributed by atoms with Gasteiger partial charge >= 0.3 is 0 Å². The van der Waals surface area contributed by atoms with Crippen LogP contribution in [0.15, 0.2) is 48.5 Å². The van der Waals surface area contributed by atoms with E-state index in [-0.39, 0.29) is 0 Å². The van der Waals surface area contributed by atoms with Crippen molar-refractivity contribution in [3.63, 3.8) is 0 Å². The molecule has 1 N–H and O–H groups in total. The van der Waals surface area contributed by atoms with E-state index in [2.05, 4.69) is 61.6 Å². The third-order valence-electron chi connectivity index (χ3n) is 5.84. The highest BCUT2D eigenvalue weighted by molar-refractivity contribution is 7.19. The molecule has 5 rings (SSSR count). The van der Waals surface area contributed by atoms with Crippen molar-refractivity contribution in [3.8, 4) is 0 Å². The molecule has 1 aliphatic carbocycles. The van der Waals surface area contributed by atoms with Crippen LogP contribution in [-0.2, 0) is 19.3 Å². The molecular formula is C25H25N3S. The number of hydrogen-bond acceptors (Lipinski definition) is 4. The van der Waals surface area contributed by atoms with E-state index in [0.29, 0.717) is 0 Å². The molecule has 0 fully saturated rings. The zero-order valence-corrected chi connectivity index (χ0v) is 17.8. The topological polar surface area (TPSA) is 37.8 Å². The minimum atomic E-state index is 0.751. The predicted octanol–water partition coefficient (Wildman–Crippen LogP) is 6.52. The van der Waals surface area contributed by atoms with Crippen LogP contribution in [0.5, 0.6) is 0 Å². The molecular weight excluding hydrogens is 374 g/mol. The summed E-state index contributed by atoms with van der Waals surface area (Å²) >= 11 is 1.86. The number of anilines is 2. The van der Waals surface area contributed by atoms with E-state index in [9.17, 15) is 0 Å². The van der Waals surface area contributed by atoms with E-state index in [0.717, 1.165) is 35.0 Å². The number of nitrogens with zero attached hydrogens (tertiary/aromatic N) is 2. The third kappa shape index (κ3) is 3.65. The molecule has 2 heterocycles. The Hall–Kier alpha value is -2.72. The van der Waals surface area contributed by atoms with Crippen LogP contribution in [0.4, 0.5) is 11.5 Å². The summed E-state index contributed by atoms with van der Waals surface area (Å²) in [6.45, 7) is 4.30. The van der Waals surface area contributed by atoms with E-state index in [1.165, 1.54) is 51.8 Å². The molecule has 0 aliphatic heterocycles. The summed E-state index contributed by atoms with van der Waals surface area (Å²) in [5.41, 5.74) is 6.40. The summed E-state index contributed by atoms with van der Waals surface area (Å²) in [5, 5.41) is 4.87. The second-order valence-corrected chi connectivity index (χ2v) is 9.05. The highest BCUT2D eigenvalue weighted by Crippen LogP contribution is 2.39. The molecule has 2 aromatic heterocycles. The van der Waals surface area contributed by atoms with Gasteiger partial charge in [-0.05, 0) is 73.9 Å². The quantitative estimate of drug-likeness (QED) is 0.424. The average molecular weight is 400 g/mol. The molecule has 0 saturated carbocycles. The van der Waals surface area contributed by atoms with Crippen LogP contribution in [0, 0.1) is 13.8 Å². The van der Waals surface area contributed by atoms with Crippen molar-refractivity contribution >= 4 is 33.1 Å². The Balaban J connectivity index is 1.62. The fourth-order valence-corrected chi connectivity index (χ4v) is 5.39. The lowest BCUT2D eigenvalue weighted by Crippen LogP contribution is -2.04. The molecule has 1 aliphatic rings. The van der Waals surface area contributed by atoms with Gasteiger partial charge in [0.15, 0.2) is 0 Å². The minimum absolute atomic E-state index is 0.751. The second kappa shape index (κ2) is 7.60. The molecule has 2 aromatic carbocycles.